The fourth-order valence-corrected chi connectivity index (χ4v) is 1.69. The molecule has 0 amide bonds. The van der Waals surface area contributed by atoms with E-state index in [1.165, 1.54) is 0 Å². The number of hydrogen-bond acceptors (Lipinski definition) is 3. The van der Waals surface area contributed by atoms with Crippen LogP contribution in [0, 0.1) is 0 Å². The Kier molecular flexibility index (Phi) is 2.81. The molecule has 0 spiro atoms. The number of ether oxygens (including phenoxy) is 1. The van der Waals surface area contributed by atoms with Crippen LogP contribution in [0.4, 0.5) is 5.69 Å². The largest absolute Gasteiger partial charge is 0.462 e. The molecule has 0 fully saturated rings. The predicted molar refractivity (Wildman–Crippen MR) is 63.8 cm³/mol. The summed E-state index contributed by atoms with van der Waals surface area (Å²) in [5.74, 6) is -0.296. The highest BCUT2D eigenvalue weighted by molar-refractivity contribution is 6.01. The third kappa shape index (κ3) is 1.74. The van der Waals surface area contributed by atoms with Crippen molar-refractivity contribution in [3.63, 3.8) is 0 Å². The molecule has 16 heavy (non-hydrogen) atoms. The molecule has 0 atom stereocenters. The number of anilines is 1. The number of carbonyl (C=O) groups excluding carboxylic acids is 1. The lowest BCUT2D eigenvalue weighted by atomic mass is 10.1. The first-order valence-corrected chi connectivity index (χ1v) is 5.22. The van der Waals surface area contributed by atoms with Gasteiger partial charge < -0.3 is 15.0 Å². The third-order valence-corrected chi connectivity index (χ3v) is 2.46. The van der Waals surface area contributed by atoms with Crippen molar-refractivity contribution in [1.82, 2.24) is 4.98 Å². The minimum absolute atomic E-state index is 0.296. The van der Waals surface area contributed by atoms with Crippen LogP contribution in [0.3, 0.4) is 0 Å². The van der Waals surface area contributed by atoms with Gasteiger partial charge >= 0.3 is 5.97 Å². The highest BCUT2D eigenvalue weighted by atomic mass is 16.5. The lowest BCUT2D eigenvalue weighted by molar-refractivity contribution is 0.0527. The molecule has 4 nitrogen and oxygen atoms in total. The first-order valence-electron chi connectivity index (χ1n) is 5.22. The summed E-state index contributed by atoms with van der Waals surface area (Å²) in [6.45, 7) is 2.18. The van der Waals surface area contributed by atoms with Gasteiger partial charge in [-0.2, -0.15) is 0 Å². The molecule has 4 heteroatoms. The molecule has 1 aromatic carbocycles. The molecule has 2 aromatic rings. The van der Waals surface area contributed by atoms with E-state index >= 15 is 0 Å². The second-order valence-electron chi connectivity index (χ2n) is 3.43. The van der Waals surface area contributed by atoms with Crippen LogP contribution in [0.25, 0.3) is 10.9 Å². The molecule has 0 aliphatic heterocycles. The molecule has 0 bridgehead atoms. The molecule has 0 saturated carbocycles. The number of benzene rings is 1. The van der Waals surface area contributed by atoms with Crippen molar-refractivity contribution >= 4 is 22.6 Å². The van der Waals surface area contributed by atoms with Crippen LogP contribution >= 0.6 is 0 Å². The summed E-state index contributed by atoms with van der Waals surface area (Å²) in [5.41, 5.74) is 2.34. The van der Waals surface area contributed by atoms with Gasteiger partial charge in [-0.25, -0.2) is 4.79 Å². The van der Waals surface area contributed by atoms with Crippen molar-refractivity contribution in [2.75, 3.05) is 19.0 Å². The van der Waals surface area contributed by atoms with Crippen LogP contribution in [0.15, 0.2) is 24.4 Å². The van der Waals surface area contributed by atoms with E-state index in [2.05, 4.69) is 10.3 Å². The second-order valence-corrected chi connectivity index (χ2v) is 3.43. The Morgan fingerprint density at radius 2 is 2.31 bits per heavy atom. The summed E-state index contributed by atoms with van der Waals surface area (Å²) in [5, 5.41) is 4.00. The maximum Gasteiger partial charge on any atom is 0.340 e. The molecular formula is C12H14N2O2. The Labute approximate surface area is 93.6 Å². The molecule has 1 aromatic heterocycles. The first-order chi connectivity index (χ1) is 7.76. The SMILES string of the molecule is CCOC(=O)c1cc2cc[nH]c2cc1NC. The molecule has 0 unspecified atom stereocenters. The highest BCUT2D eigenvalue weighted by Crippen LogP contribution is 2.23. The average molecular weight is 218 g/mol. The summed E-state index contributed by atoms with van der Waals surface area (Å²) in [4.78, 5) is 14.8. The number of rotatable bonds is 3. The van der Waals surface area contributed by atoms with E-state index in [-0.39, 0.29) is 5.97 Å². The van der Waals surface area contributed by atoms with Gasteiger partial charge in [0.05, 0.1) is 17.9 Å². The molecule has 0 aliphatic carbocycles. The predicted octanol–water partition coefficient (Wildman–Crippen LogP) is 2.39. The summed E-state index contributed by atoms with van der Waals surface area (Å²) in [6, 6.07) is 5.66. The van der Waals surface area contributed by atoms with Gasteiger partial charge in [0.15, 0.2) is 0 Å². The molecule has 84 valence electrons. The van der Waals surface area contributed by atoms with Gasteiger partial charge in [-0.1, -0.05) is 0 Å². The summed E-state index contributed by atoms with van der Waals surface area (Å²) in [7, 11) is 1.78. The molecule has 0 saturated heterocycles. The Balaban J connectivity index is 2.52. The Hall–Kier alpha value is -1.97. The molecule has 0 radical (unpaired) electrons. The number of nitrogens with one attached hydrogen (secondary N) is 2. The normalized spacial score (nSPS) is 10.4. The zero-order valence-corrected chi connectivity index (χ0v) is 9.33. The molecule has 2 rings (SSSR count). The quantitative estimate of drug-likeness (QED) is 0.778. The van der Waals surface area contributed by atoms with Crippen LogP contribution in [0.2, 0.25) is 0 Å². The van der Waals surface area contributed by atoms with E-state index in [9.17, 15) is 4.79 Å². The van der Waals surface area contributed by atoms with Crippen LogP contribution in [0.5, 0.6) is 0 Å². The Bertz CT molecular complexity index is 517. The van der Waals surface area contributed by atoms with E-state index in [1.807, 2.05) is 24.4 Å². The van der Waals surface area contributed by atoms with Crippen molar-refractivity contribution in [3.8, 4) is 0 Å². The minimum atomic E-state index is -0.296. The number of fused-ring (bicyclic) bond motifs is 1. The fraction of sp³-hybridized carbons (Fsp3) is 0.250. The van der Waals surface area contributed by atoms with Crippen LogP contribution < -0.4 is 5.32 Å². The fourth-order valence-electron chi connectivity index (χ4n) is 1.69. The van der Waals surface area contributed by atoms with Gasteiger partial charge in [-0.05, 0) is 25.1 Å². The van der Waals surface area contributed by atoms with Gasteiger partial charge in [-0.3, -0.25) is 0 Å². The second kappa shape index (κ2) is 4.26. The van der Waals surface area contributed by atoms with Crippen molar-refractivity contribution in [1.29, 1.82) is 0 Å². The van der Waals surface area contributed by atoms with E-state index < -0.39 is 0 Å². The maximum absolute atomic E-state index is 11.7. The van der Waals surface area contributed by atoms with Crippen LogP contribution in [0.1, 0.15) is 17.3 Å². The van der Waals surface area contributed by atoms with Gasteiger partial charge in [0.1, 0.15) is 0 Å². The lowest BCUT2D eigenvalue weighted by Gasteiger charge is -2.08. The number of carbonyl (C=O) groups is 1. The van der Waals surface area contributed by atoms with Crippen LogP contribution in [-0.2, 0) is 4.74 Å². The van der Waals surface area contributed by atoms with Crippen LogP contribution in [-0.4, -0.2) is 24.6 Å². The minimum Gasteiger partial charge on any atom is -0.462 e. The van der Waals surface area contributed by atoms with Gasteiger partial charge in [0, 0.05) is 24.1 Å². The smallest absolute Gasteiger partial charge is 0.340 e. The van der Waals surface area contributed by atoms with Gasteiger partial charge in [0.2, 0.25) is 0 Å². The highest BCUT2D eigenvalue weighted by Gasteiger charge is 2.13. The van der Waals surface area contributed by atoms with Gasteiger partial charge in [-0.15, -0.1) is 0 Å². The van der Waals surface area contributed by atoms with Crippen molar-refractivity contribution in [3.05, 3.63) is 30.0 Å². The number of aromatic nitrogens is 1. The molecule has 0 aliphatic rings. The van der Waals surface area contributed by atoms with E-state index in [1.54, 1.807) is 14.0 Å². The molecule has 2 N–H and O–H groups in total. The Morgan fingerprint density at radius 3 is 3.00 bits per heavy atom. The third-order valence-electron chi connectivity index (χ3n) is 2.46. The van der Waals surface area contributed by atoms with E-state index in [4.69, 9.17) is 4.74 Å². The number of aromatic amines is 1. The standard InChI is InChI=1S/C12H14N2O2/c1-3-16-12(15)9-6-8-4-5-14-10(8)7-11(9)13-2/h4-7,13-14H,3H2,1-2H3. The monoisotopic (exact) mass is 218 g/mol. The Morgan fingerprint density at radius 1 is 1.50 bits per heavy atom. The number of H-pyrrole nitrogens is 1. The van der Waals surface area contributed by atoms with Crippen molar-refractivity contribution in [2.45, 2.75) is 6.92 Å². The summed E-state index contributed by atoms with van der Waals surface area (Å²) < 4.78 is 5.01. The number of hydrogen-bond donors (Lipinski definition) is 2. The van der Waals surface area contributed by atoms with Crippen molar-refractivity contribution < 1.29 is 9.53 Å². The zero-order valence-electron chi connectivity index (χ0n) is 9.33. The lowest BCUT2D eigenvalue weighted by Crippen LogP contribution is -2.07. The van der Waals surface area contributed by atoms with E-state index in [0.29, 0.717) is 12.2 Å². The average Bonchev–Trinajstić information content (AvgIpc) is 2.74. The topological polar surface area (TPSA) is 54.1 Å². The summed E-state index contributed by atoms with van der Waals surface area (Å²) >= 11 is 0. The zero-order chi connectivity index (χ0) is 11.5. The number of esters is 1. The van der Waals surface area contributed by atoms with Crippen molar-refractivity contribution in [2.24, 2.45) is 0 Å². The van der Waals surface area contributed by atoms with E-state index in [0.717, 1.165) is 16.6 Å². The maximum atomic E-state index is 11.7. The first kappa shape index (κ1) is 10.5. The molecular weight excluding hydrogens is 204 g/mol. The van der Waals surface area contributed by atoms with Gasteiger partial charge in [0.25, 0.3) is 0 Å². The summed E-state index contributed by atoms with van der Waals surface area (Å²) in [6.07, 6.45) is 1.85. The molecule has 1 heterocycles.